The molecular weight excluding hydrogens is 312 g/mol. The molecule has 0 amide bonds. The van der Waals surface area contributed by atoms with Gasteiger partial charge in [0.25, 0.3) is 0 Å². The molecule has 0 bridgehead atoms. The Morgan fingerprint density at radius 2 is 1.91 bits per heavy atom. The molecule has 6 nitrogen and oxygen atoms in total. The number of anilines is 1. The van der Waals surface area contributed by atoms with Crippen LogP contribution in [0.3, 0.4) is 0 Å². The van der Waals surface area contributed by atoms with E-state index in [1.54, 1.807) is 34.6 Å². The fourth-order valence-electron chi connectivity index (χ4n) is 2.93. The van der Waals surface area contributed by atoms with Crippen LogP contribution in [-0.2, 0) is 16.4 Å². The first-order valence-corrected chi connectivity index (χ1v) is 9.13. The van der Waals surface area contributed by atoms with E-state index in [-0.39, 0.29) is 5.92 Å². The van der Waals surface area contributed by atoms with E-state index in [4.69, 9.17) is 5.73 Å². The largest absolute Gasteiger partial charge is 0.382 e. The summed E-state index contributed by atoms with van der Waals surface area (Å²) in [5, 5.41) is 7.93. The first-order chi connectivity index (χ1) is 11.1. The zero-order valence-electron chi connectivity index (χ0n) is 12.8. The van der Waals surface area contributed by atoms with Crippen LogP contribution in [0.2, 0.25) is 0 Å². The van der Waals surface area contributed by atoms with Crippen LogP contribution < -0.4 is 5.73 Å². The van der Waals surface area contributed by atoms with Crippen LogP contribution in [0.25, 0.3) is 0 Å². The Balaban J connectivity index is 1.72. The molecule has 7 heteroatoms. The lowest BCUT2D eigenvalue weighted by Crippen LogP contribution is -2.40. The first-order valence-electron chi connectivity index (χ1n) is 7.69. The molecule has 1 aliphatic rings. The Labute approximate surface area is 136 Å². The number of nitrogens with zero attached hydrogens (tertiary/aromatic N) is 3. The van der Waals surface area contributed by atoms with E-state index in [2.05, 4.69) is 10.2 Å². The van der Waals surface area contributed by atoms with E-state index in [0.29, 0.717) is 30.2 Å². The number of nitrogen functional groups attached to an aromatic ring is 1. The van der Waals surface area contributed by atoms with Gasteiger partial charge in [-0.2, -0.15) is 9.40 Å². The Kier molecular flexibility index (Phi) is 4.58. The maximum absolute atomic E-state index is 12.7. The van der Waals surface area contributed by atoms with E-state index in [1.807, 2.05) is 12.1 Å². The molecule has 0 unspecified atom stereocenters. The minimum Gasteiger partial charge on any atom is -0.382 e. The van der Waals surface area contributed by atoms with Gasteiger partial charge in [-0.3, -0.25) is 0 Å². The summed E-state index contributed by atoms with van der Waals surface area (Å²) in [4.78, 5) is 0.355. The van der Waals surface area contributed by atoms with Crippen molar-refractivity contribution in [1.82, 2.24) is 14.5 Å². The van der Waals surface area contributed by atoms with E-state index in [0.717, 1.165) is 18.5 Å². The molecule has 2 N–H and O–H groups in total. The quantitative estimate of drug-likeness (QED) is 0.920. The molecule has 0 aliphatic carbocycles. The molecule has 0 saturated carbocycles. The number of hydrogen-bond acceptors (Lipinski definition) is 5. The van der Waals surface area contributed by atoms with Crippen molar-refractivity contribution in [3.8, 4) is 0 Å². The zero-order chi connectivity index (χ0) is 16.3. The zero-order valence-corrected chi connectivity index (χ0v) is 13.6. The average Bonchev–Trinajstić information content (AvgIpc) is 2.58. The van der Waals surface area contributed by atoms with Crippen molar-refractivity contribution in [3.05, 3.63) is 48.2 Å². The SMILES string of the molecule is Nc1ccc(C[C@H]2CCCN(S(=O)(=O)c3ccccc3)C2)nn1. The van der Waals surface area contributed by atoms with Crippen LogP contribution in [-0.4, -0.2) is 36.0 Å². The second-order valence-corrected chi connectivity index (χ2v) is 7.78. The second-order valence-electron chi connectivity index (χ2n) is 5.84. The van der Waals surface area contributed by atoms with E-state index in [1.165, 1.54) is 0 Å². The van der Waals surface area contributed by atoms with Crippen LogP contribution in [0.1, 0.15) is 18.5 Å². The van der Waals surface area contributed by atoms with Gasteiger partial charge in [0.2, 0.25) is 10.0 Å². The summed E-state index contributed by atoms with van der Waals surface area (Å²) < 4.78 is 27.0. The van der Waals surface area contributed by atoms with Crippen molar-refractivity contribution in [2.24, 2.45) is 5.92 Å². The predicted molar refractivity (Wildman–Crippen MR) is 88.1 cm³/mol. The third-order valence-corrected chi connectivity index (χ3v) is 5.98. The molecule has 0 spiro atoms. The van der Waals surface area contributed by atoms with Crippen LogP contribution in [0, 0.1) is 5.92 Å². The summed E-state index contributed by atoms with van der Waals surface area (Å²) in [6.45, 7) is 1.09. The van der Waals surface area contributed by atoms with Gasteiger partial charge in [0.05, 0.1) is 10.6 Å². The predicted octanol–water partition coefficient (Wildman–Crippen LogP) is 1.70. The fourth-order valence-corrected chi connectivity index (χ4v) is 4.50. The van der Waals surface area contributed by atoms with Crippen molar-refractivity contribution >= 4 is 15.8 Å². The normalized spacial score (nSPS) is 19.6. The lowest BCUT2D eigenvalue weighted by atomic mass is 9.94. The molecular formula is C16H20N4O2S. The molecule has 2 aromatic rings. The number of nitrogens with two attached hydrogens (primary N) is 1. The van der Waals surface area contributed by atoms with Gasteiger partial charge in [0.1, 0.15) is 5.82 Å². The molecule has 0 radical (unpaired) electrons. The lowest BCUT2D eigenvalue weighted by Gasteiger charge is -2.31. The fraction of sp³-hybridized carbons (Fsp3) is 0.375. The summed E-state index contributed by atoms with van der Waals surface area (Å²) >= 11 is 0. The monoisotopic (exact) mass is 332 g/mol. The Morgan fingerprint density at radius 3 is 2.61 bits per heavy atom. The molecule has 1 aromatic heterocycles. The summed E-state index contributed by atoms with van der Waals surface area (Å²) in [6.07, 6.45) is 2.57. The van der Waals surface area contributed by atoms with E-state index < -0.39 is 10.0 Å². The molecule has 122 valence electrons. The van der Waals surface area contributed by atoms with Gasteiger partial charge in [0.15, 0.2) is 0 Å². The first kappa shape index (κ1) is 15.9. The number of benzene rings is 1. The summed E-state index contributed by atoms with van der Waals surface area (Å²) in [7, 11) is -3.42. The number of rotatable bonds is 4. The van der Waals surface area contributed by atoms with Crippen molar-refractivity contribution < 1.29 is 8.42 Å². The number of sulfonamides is 1. The highest BCUT2D eigenvalue weighted by Crippen LogP contribution is 2.25. The van der Waals surface area contributed by atoms with E-state index in [9.17, 15) is 8.42 Å². The van der Waals surface area contributed by atoms with Crippen molar-refractivity contribution in [2.45, 2.75) is 24.2 Å². The van der Waals surface area contributed by atoms with Gasteiger partial charge in [0, 0.05) is 13.1 Å². The lowest BCUT2D eigenvalue weighted by molar-refractivity contribution is 0.264. The van der Waals surface area contributed by atoms with Gasteiger partial charge < -0.3 is 5.73 Å². The van der Waals surface area contributed by atoms with Gasteiger partial charge in [-0.1, -0.05) is 18.2 Å². The number of piperidine rings is 1. The standard InChI is InChI=1S/C16H20N4O2S/c17-16-9-8-14(18-19-16)11-13-5-4-10-20(12-13)23(21,22)15-6-2-1-3-7-15/h1-3,6-9,13H,4-5,10-12H2,(H2,17,19)/t13-/m1/s1. The van der Waals surface area contributed by atoms with Crippen LogP contribution in [0.4, 0.5) is 5.82 Å². The minimum atomic E-state index is -3.42. The Morgan fingerprint density at radius 1 is 1.13 bits per heavy atom. The molecule has 1 atom stereocenters. The maximum Gasteiger partial charge on any atom is 0.243 e. The van der Waals surface area contributed by atoms with Crippen LogP contribution >= 0.6 is 0 Å². The highest BCUT2D eigenvalue weighted by molar-refractivity contribution is 7.89. The molecule has 23 heavy (non-hydrogen) atoms. The third-order valence-electron chi connectivity index (χ3n) is 4.10. The molecule has 1 aliphatic heterocycles. The van der Waals surface area contributed by atoms with Gasteiger partial charge in [-0.15, -0.1) is 5.10 Å². The van der Waals surface area contributed by atoms with E-state index >= 15 is 0 Å². The maximum atomic E-state index is 12.7. The summed E-state index contributed by atoms with van der Waals surface area (Å²) in [5.74, 6) is 0.644. The molecule has 2 heterocycles. The number of hydrogen-bond donors (Lipinski definition) is 1. The van der Waals surface area contributed by atoms with Gasteiger partial charge >= 0.3 is 0 Å². The summed E-state index contributed by atoms with van der Waals surface area (Å²) in [6, 6.07) is 12.2. The minimum absolute atomic E-state index is 0.250. The topological polar surface area (TPSA) is 89.2 Å². The molecule has 3 rings (SSSR count). The third kappa shape index (κ3) is 3.68. The Bertz CT molecular complexity index is 747. The smallest absolute Gasteiger partial charge is 0.243 e. The number of aromatic nitrogens is 2. The van der Waals surface area contributed by atoms with Crippen LogP contribution in [0.5, 0.6) is 0 Å². The average molecular weight is 332 g/mol. The van der Waals surface area contributed by atoms with Gasteiger partial charge in [-0.05, 0) is 49.4 Å². The van der Waals surface area contributed by atoms with Crippen molar-refractivity contribution in [3.63, 3.8) is 0 Å². The molecule has 1 aromatic carbocycles. The van der Waals surface area contributed by atoms with Gasteiger partial charge in [-0.25, -0.2) is 8.42 Å². The second kappa shape index (κ2) is 6.64. The molecule has 1 saturated heterocycles. The highest BCUT2D eigenvalue weighted by atomic mass is 32.2. The van der Waals surface area contributed by atoms with Crippen LogP contribution in [0.15, 0.2) is 47.4 Å². The Hall–Kier alpha value is -1.99. The highest BCUT2D eigenvalue weighted by Gasteiger charge is 2.30. The van der Waals surface area contributed by atoms with Crippen molar-refractivity contribution in [2.75, 3.05) is 18.8 Å². The van der Waals surface area contributed by atoms with Crippen molar-refractivity contribution in [1.29, 1.82) is 0 Å². The molecule has 1 fully saturated rings. The summed E-state index contributed by atoms with van der Waals surface area (Å²) in [5.41, 5.74) is 6.39.